The molecule has 0 spiro atoms. The molecule has 0 aliphatic carbocycles. The fourth-order valence-corrected chi connectivity index (χ4v) is 1.49. The average Bonchev–Trinajstić information content (AvgIpc) is 2.28. The van der Waals surface area contributed by atoms with Crippen LogP contribution in [-0.4, -0.2) is 17.9 Å². The minimum absolute atomic E-state index is 0.0914. The van der Waals surface area contributed by atoms with Crippen LogP contribution in [0.3, 0.4) is 0 Å². The van der Waals surface area contributed by atoms with E-state index in [-0.39, 0.29) is 5.84 Å². The molecule has 0 heterocycles. The topological polar surface area (TPSA) is 91.0 Å². The van der Waals surface area contributed by atoms with Gasteiger partial charge in [-0.25, -0.2) is 9.18 Å². The number of carbonyl (C=O) groups excluding carboxylic acids is 1. The van der Waals surface area contributed by atoms with Gasteiger partial charge in [0.1, 0.15) is 11.7 Å². The van der Waals surface area contributed by atoms with E-state index in [9.17, 15) is 9.18 Å². The number of hydrogen-bond donors (Lipinski definition) is 4. The number of hydrogen-bond acceptors (Lipinski definition) is 2. The molecule has 0 saturated heterocycles. The molecule has 0 radical (unpaired) electrons. The van der Waals surface area contributed by atoms with Gasteiger partial charge in [0.05, 0.1) is 6.04 Å². The van der Waals surface area contributed by atoms with Crippen LogP contribution in [0.4, 0.5) is 14.9 Å². The molecule has 1 unspecified atom stereocenters. The number of carbonyl (C=O) groups is 1. The fourth-order valence-electron chi connectivity index (χ4n) is 1.49. The number of nitrogens with two attached hydrogens (primary N) is 1. The SMILES string of the molecule is CCCC(NC(=O)Nc1cccc(F)c1)C(=N)N. The first-order valence-corrected chi connectivity index (χ1v) is 5.70. The molecule has 1 aromatic carbocycles. The van der Waals surface area contributed by atoms with Gasteiger partial charge in [-0.2, -0.15) is 0 Å². The molecule has 0 saturated carbocycles. The molecule has 1 rings (SSSR count). The third kappa shape index (κ3) is 4.40. The number of halogens is 1. The highest BCUT2D eigenvalue weighted by Crippen LogP contribution is 2.08. The molecule has 2 amide bonds. The zero-order chi connectivity index (χ0) is 13.5. The molecule has 98 valence electrons. The standard InChI is InChI=1S/C12H17FN4O/c1-2-4-10(11(14)15)17-12(18)16-9-6-3-5-8(13)7-9/h3,5-7,10H,2,4H2,1H3,(H3,14,15)(H2,16,17,18). The van der Waals surface area contributed by atoms with Crippen LogP contribution in [0.5, 0.6) is 0 Å². The Morgan fingerprint density at radius 2 is 2.28 bits per heavy atom. The van der Waals surface area contributed by atoms with Gasteiger partial charge in [0, 0.05) is 5.69 Å². The van der Waals surface area contributed by atoms with E-state index in [1.54, 1.807) is 6.07 Å². The van der Waals surface area contributed by atoms with E-state index in [1.807, 2.05) is 6.92 Å². The second kappa shape index (κ2) is 6.58. The maximum Gasteiger partial charge on any atom is 0.319 e. The molecule has 0 fully saturated rings. The lowest BCUT2D eigenvalue weighted by Crippen LogP contribution is -2.45. The van der Waals surface area contributed by atoms with E-state index in [0.717, 1.165) is 6.42 Å². The highest BCUT2D eigenvalue weighted by Gasteiger charge is 2.14. The van der Waals surface area contributed by atoms with E-state index in [0.29, 0.717) is 12.1 Å². The Morgan fingerprint density at radius 1 is 1.56 bits per heavy atom. The quantitative estimate of drug-likeness (QED) is 0.477. The fraction of sp³-hybridized carbons (Fsp3) is 0.333. The van der Waals surface area contributed by atoms with E-state index < -0.39 is 17.9 Å². The van der Waals surface area contributed by atoms with Crippen molar-refractivity contribution in [2.24, 2.45) is 5.73 Å². The number of amidine groups is 1. The zero-order valence-electron chi connectivity index (χ0n) is 10.2. The number of nitrogens with one attached hydrogen (secondary N) is 3. The van der Waals surface area contributed by atoms with Gasteiger partial charge in [-0.3, -0.25) is 5.41 Å². The summed E-state index contributed by atoms with van der Waals surface area (Å²) in [6, 6.07) is 4.57. The Balaban J connectivity index is 2.57. The summed E-state index contributed by atoms with van der Waals surface area (Å²) in [4.78, 5) is 11.6. The molecule has 0 bridgehead atoms. The molecular weight excluding hydrogens is 235 g/mol. The van der Waals surface area contributed by atoms with Crippen LogP contribution in [0.25, 0.3) is 0 Å². The highest BCUT2D eigenvalue weighted by atomic mass is 19.1. The molecule has 0 aliphatic heterocycles. The van der Waals surface area contributed by atoms with Crippen molar-refractivity contribution < 1.29 is 9.18 Å². The largest absolute Gasteiger partial charge is 0.386 e. The number of urea groups is 1. The summed E-state index contributed by atoms with van der Waals surface area (Å²) < 4.78 is 12.9. The molecule has 0 aliphatic rings. The number of anilines is 1. The Bertz CT molecular complexity index is 436. The van der Waals surface area contributed by atoms with E-state index in [2.05, 4.69) is 10.6 Å². The summed E-state index contributed by atoms with van der Waals surface area (Å²) >= 11 is 0. The number of benzene rings is 1. The normalized spacial score (nSPS) is 11.7. The zero-order valence-corrected chi connectivity index (χ0v) is 10.2. The van der Waals surface area contributed by atoms with Crippen LogP contribution < -0.4 is 16.4 Å². The van der Waals surface area contributed by atoms with Crippen molar-refractivity contribution in [3.63, 3.8) is 0 Å². The van der Waals surface area contributed by atoms with Gasteiger partial charge >= 0.3 is 6.03 Å². The average molecular weight is 252 g/mol. The molecule has 0 aromatic heterocycles. The lowest BCUT2D eigenvalue weighted by atomic mass is 10.1. The smallest absolute Gasteiger partial charge is 0.319 e. The van der Waals surface area contributed by atoms with Gasteiger partial charge in [0.2, 0.25) is 0 Å². The van der Waals surface area contributed by atoms with Crippen LogP contribution in [-0.2, 0) is 0 Å². The molecule has 1 aromatic rings. The summed E-state index contributed by atoms with van der Waals surface area (Å²) in [6.07, 6.45) is 1.39. The van der Waals surface area contributed by atoms with Gasteiger partial charge in [0.25, 0.3) is 0 Å². The first-order valence-electron chi connectivity index (χ1n) is 5.70. The van der Waals surface area contributed by atoms with E-state index >= 15 is 0 Å². The summed E-state index contributed by atoms with van der Waals surface area (Å²) in [7, 11) is 0. The maximum atomic E-state index is 12.9. The van der Waals surface area contributed by atoms with Gasteiger partial charge < -0.3 is 16.4 Å². The van der Waals surface area contributed by atoms with Gasteiger partial charge in [-0.15, -0.1) is 0 Å². The summed E-state index contributed by atoms with van der Waals surface area (Å²) in [6.45, 7) is 1.93. The molecule has 1 atom stereocenters. The van der Waals surface area contributed by atoms with Crippen molar-refractivity contribution in [1.29, 1.82) is 5.41 Å². The van der Waals surface area contributed by atoms with Crippen molar-refractivity contribution in [1.82, 2.24) is 5.32 Å². The highest BCUT2D eigenvalue weighted by molar-refractivity contribution is 5.93. The lowest BCUT2D eigenvalue weighted by Gasteiger charge is -2.17. The van der Waals surface area contributed by atoms with Gasteiger partial charge in [-0.05, 0) is 24.6 Å². The van der Waals surface area contributed by atoms with Crippen molar-refractivity contribution in [3.8, 4) is 0 Å². The summed E-state index contributed by atoms with van der Waals surface area (Å²) in [5, 5.41) is 12.4. The molecule has 18 heavy (non-hydrogen) atoms. The number of amides is 2. The predicted molar refractivity (Wildman–Crippen MR) is 69.2 cm³/mol. The Labute approximate surface area is 105 Å². The van der Waals surface area contributed by atoms with Crippen molar-refractivity contribution in [3.05, 3.63) is 30.1 Å². The minimum Gasteiger partial charge on any atom is -0.386 e. The van der Waals surface area contributed by atoms with Gasteiger partial charge in [0.15, 0.2) is 0 Å². The van der Waals surface area contributed by atoms with Crippen LogP contribution >= 0.6 is 0 Å². The van der Waals surface area contributed by atoms with Crippen molar-refractivity contribution in [2.45, 2.75) is 25.8 Å². The Kier molecular flexibility index (Phi) is 5.10. The van der Waals surface area contributed by atoms with Crippen LogP contribution in [0.1, 0.15) is 19.8 Å². The molecular formula is C12H17FN4O. The first-order chi connectivity index (χ1) is 8.52. The van der Waals surface area contributed by atoms with Crippen LogP contribution in [0, 0.1) is 11.2 Å². The van der Waals surface area contributed by atoms with E-state index in [4.69, 9.17) is 11.1 Å². The molecule has 6 heteroatoms. The Morgan fingerprint density at radius 3 is 2.83 bits per heavy atom. The third-order valence-corrected chi connectivity index (χ3v) is 2.34. The van der Waals surface area contributed by atoms with Crippen molar-refractivity contribution >= 4 is 17.6 Å². The first kappa shape index (κ1) is 14.0. The second-order valence-electron chi connectivity index (χ2n) is 3.91. The second-order valence-corrected chi connectivity index (χ2v) is 3.91. The van der Waals surface area contributed by atoms with Crippen LogP contribution in [0.2, 0.25) is 0 Å². The predicted octanol–water partition coefficient (Wildman–Crippen LogP) is 2.05. The summed E-state index contributed by atoms with van der Waals surface area (Å²) in [5.74, 6) is -0.518. The minimum atomic E-state index is -0.505. The Hall–Kier alpha value is -2.11. The third-order valence-electron chi connectivity index (χ3n) is 2.34. The molecule has 5 nitrogen and oxygen atoms in total. The molecule has 5 N–H and O–H groups in total. The maximum absolute atomic E-state index is 12.9. The summed E-state index contributed by atoms with van der Waals surface area (Å²) in [5.41, 5.74) is 5.72. The van der Waals surface area contributed by atoms with Gasteiger partial charge in [-0.1, -0.05) is 19.4 Å². The number of rotatable bonds is 5. The van der Waals surface area contributed by atoms with Crippen molar-refractivity contribution in [2.75, 3.05) is 5.32 Å². The van der Waals surface area contributed by atoms with E-state index in [1.165, 1.54) is 18.2 Å². The van der Waals surface area contributed by atoms with Crippen LogP contribution in [0.15, 0.2) is 24.3 Å². The lowest BCUT2D eigenvalue weighted by molar-refractivity contribution is 0.250. The monoisotopic (exact) mass is 252 g/mol.